The van der Waals surface area contributed by atoms with Crippen LogP contribution in [0.3, 0.4) is 0 Å². The van der Waals surface area contributed by atoms with E-state index in [9.17, 15) is 4.79 Å². The maximum absolute atomic E-state index is 12.5. The predicted octanol–water partition coefficient (Wildman–Crippen LogP) is 5.66. The molecule has 3 nitrogen and oxygen atoms in total. The number of likely N-dealkylation sites (N-methyl/N-ethyl adjacent to an activating group) is 1. The highest BCUT2D eigenvalue weighted by molar-refractivity contribution is 6.32. The molecule has 0 bridgehead atoms. The number of nitrogens with zero attached hydrogens (tertiary/aromatic N) is 1. The van der Waals surface area contributed by atoms with Crippen LogP contribution in [0.2, 0.25) is 5.02 Å². The van der Waals surface area contributed by atoms with Crippen molar-refractivity contribution >= 4 is 17.6 Å². The maximum atomic E-state index is 12.5. The summed E-state index contributed by atoms with van der Waals surface area (Å²) in [6.07, 6.45) is 6.61. The topological polar surface area (TPSA) is 29.5 Å². The average molecular weight is 408 g/mol. The Kier molecular flexibility index (Phi) is 5.51. The van der Waals surface area contributed by atoms with Gasteiger partial charge in [-0.2, -0.15) is 0 Å². The van der Waals surface area contributed by atoms with Crippen molar-refractivity contribution in [1.29, 1.82) is 0 Å². The van der Waals surface area contributed by atoms with Gasteiger partial charge in [-0.15, -0.1) is 0 Å². The Balaban J connectivity index is 1.82. The molecule has 0 spiro atoms. The Hall–Kier alpha value is -2.52. The van der Waals surface area contributed by atoms with E-state index < -0.39 is 0 Å². The number of carbonyl (C=O) groups excluding carboxylic acids is 1. The molecule has 2 aromatic carbocycles. The molecular weight excluding hydrogens is 382 g/mol. The number of rotatable bonds is 3. The highest BCUT2D eigenvalue weighted by atomic mass is 35.5. The van der Waals surface area contributed by atoms with E-state index in [4.69, 9.17) is 16.3 Å². The summed E-state index contributed by atoms with van der Waals surface area (Å²) in [6, 6.07) is 12.6. The standard InChI is InChI=1S/C25H26ClNO2/c1-4-16(5-2)25(28)29-23-15-20-18(14-21(23)26)12-13-27(3)22-11-10-17-8-6-7-9-19(17)24(20)22/h4,6-9,11,14-15,24H,5,10,12-13H2,1-3H3/b16-4+. The van der Waals surface area contributed by atoms with Gasteiger partial charge in [-0.1, -0.05) is 54.9 Å². The zero-order valence-electron chi connectivity index (χ0n) is 17.2. The fourth-order valence-electron chi connectivity index (χ4n) is 4.42. The SMILES string of the molecule is C/C=C(\CC)C(=O)Oc1cc2c(cc1Cl)CCN(C)C1=CCc3ccccc3C12. The highest BCUT2D eigenvalue weighted by Crippen LogP contribution is 2.44. The van der Waals surface area contributed by atoms with Crippen molar-refractivity contribution in [3.05, 3.63) is 87.1 Å². The lowest BCUT2D eigenvalue weighted by Crippen LogP contribution is -2.25. The predicted molar refractivity (Wildman–Crippen MR) is 118 cm³/mol. The van der Waals surface area contributed by atoms with E-state index in [-0.39, 0.29) is 11.9 Å². The molecule has 4 heteroatoms. The van der Waals surface area contributed by atoms with Gasteiger partial charge < -0.3 is 9.64 Å². The van der Waals surface area contributed by atoms with Gasteiger partial charge in [-0.25, -0.2) is 4.79 Å². The first-order valence-corrected chi connectivity index (χ1v) is 10.6. The van der Waals surface area contributed by atoms with Crippen LogP contribution in [0.4, 0.5) is 0 Å². The zero-order chi connectivity index (χ0) is 20.5. The van der Waals surface area contributed by atoms with E-state index >= 15 is 0 Å². The summed E-state index contributed by atoms with van der Waals surface area (Å²) in [5.74, 6) is 0.238. The summed E-state index contributed by atoms with van der Waals surface area (Å²) in [5, 5.41) is 0.489. The highest BCUT2D eigenvalue weighted by Gasteiger charge is 2.32. The van der Waals surface area contributed by atoms with Gasteiger partial charge in [0.05, 0.1) is 5.02 Å². The molecule has 0 amide bonds. The van der Waals surface area contributed by atoms with Crippen molar-refractivity contribution in [2.45, 2.75) is 39.0 Å². The minimum absolute atomic E-state index is 0.129. The second-order valence-corrected chi connectivity index (χ2v) is 8.08. The van der Waals surface area contributed by atoms with E-state index in [0.29, 0.717) is 22.8 Å². The van der Waals surface area contributed by atoms with Gasteiger partial charge in [0, 0.05) is 30.8 Å². The molecule has 0 N–H and O–H groups in total. The minimum atomic E-state index is -0.331. The fourth-order valence-corrected chi connectivity index (χ4v) is 4.64. The van der Waals surface area contributed by atoms with Gasteiger partial charge in [0.2, 0.25) is 0 Å². The molecule has 0 radical (unpaired) electrons. The van der Waals surface area contributed by atoms with Gasteiger partial charge in [0.1, 0.15) is 5.75 Å². The lowest BCUT2D eigenvalue weighted by atomic mass is 9.79. The third-order valence-electron chi connectivity index (χ3n) is 6.05. The van der Waals surface area contributed by atoms with Crippen LogP contribution in [0.15, 0.2) is 59.8 Å². The lowest BCUT2D eigenvalue weighted by molar-refractivity contribution is -0.130. The first-order chi connectivity index (χ1) is 14.0. The number of hydrogen-bond donors (Lipinski definition) is 0. The molecule has 0 saturated heterocycles. The third kappa shape index (κ3) is 3.60. The second-order valence-electron chi connectivity index (χ2n) is 7.67. The van der Waals surface area contributed by atoms with E-state index in [1.54, 1.807) is 6.08 Å². The number of allylic oxidation sites excluding steroid dienone is 3. The van der Waals surface area contributed by atoms with Crippen LogP contribution >= 0.6 is 11.6 Å². The second kappa shape index (κ2) is 8.08. The number of halogens is 1. The van der Waals surface area contributed by atoms with Crippen molar-refractivity contribution in [2.75, 3.05) is 13.6 Å². The number of benzene rings is 2. The molecule has 1 aliphatic carbocycles. The normalized spacial score (nSPS) is 18.2. The largest absolute Gasteiger partial charge is 0.422 e. The van der Waals surface area contributed by atoms with Crippen molar-refractivity contribution in [3.63, 3.8) is 0 Å². The van der Waals surface area contributed by atoms with Crippen LogP contribution < -0.4 is 4.74 Å². The number of hydrogen-bond acceptors (Lipinski definition) is 3. The molecule has 2 aliphatic rings. The fraction of sp³-hybridized carbons (Fsp3) is 0.320. The Morgan fingerprint density at radius 1 is 1.24 bits per heavy atom. The number of ether oxygens (including phenoxy) is 1. The zero-order valence-corrected chi connectivity index (χ0v) is 17.9. The van der Waals surface area contributed by atoms with Crippen LogP contribution in [0.5, 0.6) is 5.75 Å². The molecule has 1 heterocycles. The monoisotopic (exact) mass is 407 g/mol. The van der Waals surface area contributed by atoms with Gasteiger partial charge in [-0.05, 0) is 60.6 Å². The van der Waals surface area contributed by atoms with Gasteiger partial charge in [0.15, 0.2) is 0 Å². The molecule has 1 unspecified atom stereocenters. The van der Waals surface area contributed by atoms with Crippen molar-refractivity contribution in [2.24, 2.45) is 0 Å². The number of fused-ring (bicyclic) bond motifs is 5. The summed E-state index contributed by atoms with van der Waals surface area (Å²) in [6.45, 7) is 4.73. The van der Waals surface area contributed by atoms with Gasteiger partial charge in [0.25, 0.3) is 0 Å². The van der Waals surface area contributed by atoms with Crippen LogP contribution in [0.1, 0.15) is 48.4 Å². The van der Waals surface area contributed by atoms with Gasteiger partial charge in [-0.3, -0.25) is 0 Å². The first-order valence-electron chi connectivity index (χ1n) is 10.2. The molecule has 0 saturated carbocycles. The average Bonchev–Trinajstić information content (AvgIpc) is 2.86. The summed E-state index contributed by atoms with van der Waals surface area (Å²) in [4.78, 5) is 14.9. The molecule has 0 fully saturated rings. The lowest BCUT2D eigenvalue weighted by Gasteiger charge is -2.32. The molecular formula is C25H26ClNO2. The molecule has 4 rings (SSSR count). The number of esters is 1. The molecule has 29 heavy (non-hydrogen) atoms. The van der Waals surface area contributed by atoms with Crippen molar-refractivity contribution in [1.82, 2.24) is 4.90 Å². The third-order valence-corrected chi connectivity index (χ3v) is 6.34. The molecule has 1 aliphatic heterocycles. The van der Waals surface area contributed by atoms with Crippen molar-refractivity contribution in [3.8, 4) is 5.75 Å². The molecule has 150 valence electrons. The molecule has 0 aromatic heterocycles. The van der Waals surface area contributed by atoms with Crippen LogP contribution in [0, 0.1) is 0 Å². The van der Waals surface area contributed by atoms with Crippen LogP contribution in [-0.2, 0) is 17.6 Å². The Morgan fingerprint density at radius 3 is 2.79 bits per heavy atom. The van der Waals surface area contributed by atoms with Crippen molar-refractivity contribution < 1.29 is 9.53 Å². The summed E-state index contributed by atoms with van der Waals surface area (Å²) in [7, 11) is 2.15. The van der Waals surface area contributed by atoms with Crippen LogP contribution in [-0.4, -0.2) is 24.5 Å². The maximum Gasteiger partial charge on any atom is 0.339 e. The van der Waals surface area contributed by atoms with Gasteiger partial charge >= 0.3 is 5.97 Å². The molecule has 2 aromatic rings. The minimum Gasteiger partial charge on any atom is -0.422 e. The summed E-state index contributed by atoms with van der Waals surface area (Å²) < 4.78 is 5.72. The van der Waals surface area contributed by atoms with E-state index in [0.717, 1.165) is 19.4 Å². The smallest absolute Gasteiger partial charge is 0.339 e. The van der Waals surface area contributed by atoms with Crippen LogP contribution in [0.25, 0.3) is 0 Å². The Morgan fingerprint density at radius 2 is 2.03 bits per heavy atom. The summed E-state index contributed by atoms with van der Waals surface area (Å²) >= 11 is 6.54. The first kappa shape index (κ1) is 19.8. The quantitative estimate of drug-likeness (QED) is 0.373. The van der Waals surface area contributed by atoms with E-state index in [1.807, 2.05) is 26.0 Å². The number of carbonyl (C=O) groups is 1. The Bertz CT molecular complexity index is 1020. The van der Waals surface area contributed by atoms with E-state index in [2.05, 4.69) is 42.3 Å². The summed E-state index contributed by atoms with van der Waals surface area (Å²) in [5.41, 5.74) is 7.02. The Labute approximate surface area is 177 Å². The molecule has 1 atom stereocenters. The van der Waals surface area contributed by atoms with E-state index in [1.165, 1.54) is 28.0 Å².